The quantitative estimate of drug-likeness (QED) is 0.816. The van der Waals surface area contributed by atoms with Crippen molar-refractivity contribution in [3.8, 4) is 0 Å². The van der Waals surface area contributed by atoms with Crippen molar-refractivity contribution in [2.24, 2.45) is 0 Å². The van der Waals surface area contributed by atoms with Crippen molar-refractivity contribution in [3.63, 3.8) is 0 Å². The van der Waals surface area contributed by atoms with Crippen LogP contribution in [0.25, 0.3) is 0 Å². The molecule has 15 heavy (non-hydrogen) atoms. The zero-order valence-corrected chi connectivity index (χ0v) is 8.83. The van der Waals surface area contributed by atoms with Crippen LogP contribution in [0, 0.1) is 12.7 Å². The van der Waals surface area contributed by atoms with E-state index in [4.69, 9.17) is 5.11 Å². The average molecular weight is 211 g/mol. The molecule has 0 saturated carbocycles. The summed E-state index contributed by atoms with van der Waals surface area (Å²) in [5.41, 5.74) is 0.490. The molecule has 0 heterocycles. The van der Waals surface area contributed by atoms with Gasteiger partial charge in [-0.1, -0.05) is 12.1 Å². The van der Waals surface area contributed by atoms with Gasteiger partial charge >= 0.3 is 0 Å². The lowest BCUT2D eigenvalue weighted by molar-refractivity contribution is 0.0762. The van der Waals surface area contributed by atoms with Gasteiger partial charge < -0.3 is 10.0 Å². The topological polar surface area (TPSA) is 40.5 Å². The number of aryl methyl sites for hydroxylation is 1. The molecule has 1 aromatic rings. The van der Waals surface area contributed by atoms with E-state index in [1.807, 2.05) is 0 Å². The van der Waals surface area contributed by atoms with E-state index in [1.165, 1.54) is 18.0 Å². The molecule has 82 valence electrons. The van der Waals surface area contributed by atoms with E-state index in [1.54, 1.807) is 19.1 Å². The number of aliphatic hydroxyl groups excluding tert-OH is 1. The summed E-state index contributed by atoms with van der Waals surface area (Å²) < 4.78 is 13.5. The largest absolute Gasteiger partial charge is 0.395 e. The van der Waals surface area contributed by atoms with Gasteiger partial charge in [0, 0.05) is 13.6 Å². The van der Waals surface area contributed by atoms with Crippen molar-refractivity contribution in [3.05, 3.63) is 35.1 Å². The molecule has 1 N–H and O–H groups in total. The molecule has 4 heteroatoms. The molecule has 0 saturated heterocycles. The highest BCUT2D eigenvalue weighted by Gasteiger charge is 2.16. The number of nitrogens with zero attached hydrogens (tertiary/aromatic N) is 1. The Kier molecular flexibility index (Phi) is 3.80. The van der Waals surface area contributed by atoms with Crippen molar-refractivity contribution in [2.45, 2.75) is 6.92 Å². The molecule has 1 rings (SSSR count). The van der Waals surface area contributed by atoms with E-state index in [-0.39, 0.29) is 18.7 Å². The van der Waals surface area contributed by atoms with Crippen molar-refractivity contribution < 1.29 is 14.3 Å². The van der Waals surface area contributed by atoms with Crippen molar-refractivity contribution in [1.82, 2.24) is 4.90 Å². The van der Waals surface area contributed by atoms with Crippen LogP contribution in [0.4, 0.5) is 4.39 Å². The van der Waals surface area contributed by atoms with Gasteiger partial charge in [0.25, 0.3) is 5.91 Å². The fourth-order valence-corrected chi connectivity index (χ4v) is 1.27. The summed E-state index contributed by atoms with van der Waals surface area (Å²) in [7, 11) is 1.53. The number of carbonyl (C=O) groups is 1. The summed E-state index contributed by atoms with van der Waals surface area (Å²) in [4.78, 5) is 13.0. The normalized spacial score (nSPS) is 10.1. The van der Waals surface area contributed by atoms with Gasteiger partial charge in [-0.25, -0.2) is 4.39 Å². The SMILES string of the molecule is Cc1cccc(C(=O)N(C)CCO)c1F. The second-order valence-corrected chi connectivity index (χ2v) is 3.39. The van der Waals surface area contributed by atoms with Crippen LogP contribution in [-0.2, 0) is 0 Å². The molecular weight excluding hydrogens is 197 g/mol. The molecule has 0 aliphatic rings. The van der Waals surface area contributed by atoms with E-state index >= 15 is 0 Å². The van der Waals surface area contributed by atoms with Crippen LogP contribution in [0.5, 0.6) is 0 Å². The maximum Gasteiger partial charge on any atom is 0.256 e. The molecule has 0 aromatic heterocycles. The number of halogens is 1. The lowest BCUT2D eigenvalue weighted by atomic mass is 10.1. The molecule has 1 amide bonds. The molecule has 0 bridgehead atoms. The number of benzene rings is 1. The Morgan fingerprint density at radius 3 is 2.80 bits per heavy atom. The minimum absolute atomic E-state index is 0.0472. The van der Waals surface area contributed by atoms with E-state index in [0.29, 0.717) is 5.56 Å². The first kappa shape index (κ1) is 11.7. The standard InChI is InChI=1S/C11H14FNO2/c1-8-4-3-5-9(10(8)12)11(15)13(2)6-7-14/h3-5,14H,6-7H2,1-2H3. The van der Waals surface area contributed by atoms with Crippen molar-refractivity contribution >= 4 is 5.91 Å². The van der Waals surface area contributed by atoms with Gasteiger partial charge in [-0.2, -0.15) is 0 Å². The summed E-state index contributed by atoms with van der Waals surface area (Å²) in [6.45, 7) is 1.68. The predicted molar refractivity (Wildman–Crippen MR) is 55.2 cm³/mol. The summed E-state index contributed by atoms with van der Waals surface area (Å²) in [5, 5.41) is 8.67. The Labute approximate surface area is 88.1 Å². The number of likely N-dealkylation sites (N-methyl/N-ethyl adjacent to an activating group) is 1. The van der Waals surface area contributed by atoms with Crippen molar-refractivity contribution in [1.29, 1.82) is 0 Å². The first-order chi connectivity index (χ1) is 7.07. The first-order valence-electron chi connectivity index (χ1n) is 4.69. The zero-order valence-electron chi connectivity index (χ0n) is 8.83. The number of aliphatic hydroxyl groups is 1. The summed E-state index contributed by atoms with van der Waals surface area (Å²) in [5.74, 6) is -0.905. The highest BCUT2D eigenvalue weighted by Crippen LogP contribution is 2.13. The number of hydrogen-bond acceptors (Lipinski definition) is 2. The molecule has 0 fully saturated rings. The first-order valence-corrected chi connectivity index (χ1v) is 4.69. The third-order valence-corrected chi connectivity index (χ3v) is 2.20. The summed E-state index contributed by atoms with van der Waals surface area (Å²) in [6, 6.07) is 4.69. The van der Waals surface area contributed by atoms with Crippen LogP contribution in [0.15, 0.2) is 18.2 Å². The van der Waals surface area contributed by atoms with E-state index in [0.717, 1.165) is 0 Å². The molecule has 0 unspecified atom stereocenters. The van der Waals surface area contributed by atoms with Gasteiger partial charge in [0.05, 0.1) is 12.2 Å². The van der Waals surface area contributed by atoms with Gasteiger partial charge in [-0.15, -0.1) is 0 Å². The second kappa shape index (κ2) is 4.89. The summed E-state index contributed by atoms with van der Waals surface area (Å²) in [6.07, 6.45) is 0. The maximum absolute atomic E-state index is 13.5. The Morgan fingerprint density at radius 2 is 2.20 bits per heavy atom. The van der Waals surface area contributed by atoms with Crippen molar-refractivity contribution in [2.75, 3.05) is 20.2 Å². The number of hydrogen-bond donors (Lipinski definition) is 1. The average Bonchev–Trinajstić information content (AvgIpc) is 2.21. The summed E-state index contributed by atoms with van der Waals surface area (Å²) >= 11 is 0. The molecular formula is C11H14FNO2. The van der Waals surface area contributed by atoms with Crippen LogP contribution in [0.2, 0.25) is 0 Å². The fourth-order valence-electron chi connectivity index (χ4n) is 1.27. The molecule has 0 aliphatic carbocycles. The van der Waals surface area contributed by atoms with E-state index in [2.05, 4.69) is 0 Å². The molecule has 0 atom stereocenters. The van der Waals surface area contributed by atoms with E-state index < -0.39 is 11.7 Å². The third kappa shape index (κ3) is 2.53. The molecule has 1 aromatic carbocycles. The van der Waals surface area contributed by atoms with Gasteiger partial charge in [-0.3, -0.25) is 4.79 Å². The van der Waals surface area contributed by atoms with Crippen LogP contribution >= 0.6 is 0 Å². The highest BCUT2D eigenvalue weighted by atomic mass is 19.1. The van der Waals surface area contributed by atoms with Gasteiger partial charge in [0.1, 0.15) is 5.82 Å². The molecule has 0 spiro atoms. The number of carbonyl (C=O) groups excluding carboxylic acids is 1. The Bertz CT molecular complexity index is 366. The van der Waals surface area contributed by atoms with Gasteiger partial charge in [0.2, 0.25) is 0 Å². The maximum atomic E-state index is 13.5. The fraction of sp³-hybridized carbons (Fsp3) is 0.364. The van der Waals surface area contributed by atoms with Gasteiger partial charge in [0.15, 0.2) is 0 Å². The van der Waals surface area contributed by atoms with Crippen LogP contribution < -0.4 is 0 Å². The minimum Gasteiger partial charge on any atom is -0.395 e. The Balaban J connectivity index is 2.96. The molecule has 0 radical (unpaired) electrons. The van der Waals surface area contributed by atoms with Crippen LogP contribution in [-0.4, -0.2) is 36.1 Å². The van der Waals surface area contributed by atoms with Gasteiger partial charge in [-0.05, 0) is 18.6 Å². The second-order valence-electron chi connectivity index (χ2n) is 3.39. The monoisotopic (exact) mass is 211 g/mol. The predicted octanol–water partition coefficient (Wildman–Crippen LogP) is 1.20. The molecule has 3 nitrogen and oxygen atoms in total. The number of rotatable bonds is 3. The Morgan fingerprint density at radius 1 is 1.53 bits per heavy atom. The Hall–Kier alpha value is -1.42. The third-order valence-electron chi connectivity index (χ3n) is 2.20. The minimum atomic E-state index is -0.493. The molecule has 0 aliphatic heterocycles. The van der Waals surface area contributed by atoms with E-state index in [9.17, 15) is 9.18 Å². The highest BCUT2D eigenvalue weighted by molar-refractivity contribution is 5.94. The lowest BCUT2D eigenvalue weighted by Crippen LogP contribution is -2.30. The zero-order chi connectivity index (χ0) is 11.4. The van der Waals surface area contributed by atoms with Crippen LogP contribution in [0.1, 0.15) is 15.9 Å². The number of amides is 1. The lowest BCUT2D eigenvalue weighted by Gasteiger charge is -2.16. The van der Waals surface area contributed by atoms with Crippen LogP contribution in [0.3, 0.4) is 0 Å². The smallest absolute Gasteiger partial charge is 0.256 e.